The Bertz CT molecular complexity index is 398. The molecule has 65 valence electrons. The second-order valence-electron chi connectivity index (χ2n) is 2.47. The molecule has 0 atom stereocenters. The van der Waals surface area contributed by atoms with Crippen molar-refractivity contribution >= 4 is 22.7 Å². The minimum absolute atomic E-state index is 0.105. The number of sulfonamides is 1. The van der Waals surface area contributed by atoms with E-state index in [2.05, 4.69) is 0 Å². The van der Waals surface area contributed by atoms with Crippen molar-refractivity contribution in [1.82, 2.24) is 0 Å². The summed E-state index contributed by atoms with van der Waals surface area (Å²) in [5.74, 6) is 0. The number of hydrogen-bond acceptors (Lipinski definition) is 2. The Morgan fingerprint density at radius 3 is 2.42 bits per heavy atom. The SMILES string of the molecule is Cc1cc(S(N)(=O)=O)ccc1[S]. The summed E-state index contributed by atoms with van der Waals surface area (Å²) in [6, 6.07) is 4.44. The lowest BCUT2D eigenvalue weighted by Gasteiger charge is -2.00. The van der Waals surface area contributed by atoms with Gasteiger partial charge in [-0.15, -0.1) is 0 Å². The Balaban J connectivity index is 3.33. The molecule has 0 aromatic heterocycles. The Hall–Kier alpha value is -0.650. The highest BCUT2D eigenvalue weighted by Gasteiger charge is 2.07. The van der Waals surface area contributed by atoms with Crippen molar-refractivity contribution in [3.63, 3.8) is 0 Å². The highest BCUT2D eigenvalue weighted by molar-refractivity contribution is 7.89. The molecule has 2 N–H and O–H groups in total. The lowest BCUT2D eigenvalue weighted by Crippen LogP contribution is -2.12. The second kappa shape index (κ2) is 3.01. The number of rotatable bonds is 1. The van der Waals surface area contributed by atoms with Gasteiger partial charge in [-0.1, -0.05) is 12.6 Å². The van der Waals surface area contributed by atoms with Crippen LogP contribution in [0.15, 0.2) is 28.0 Å². The van der Waals surface area contributed by atoms with Gasteiger partial charge in [0.1, 0.15) is 0 Å². The Labute approximate surface area is 77.1 Å². The molecule has 0 aliphatic rings. The van der Waals surface area contributed by atoms with Gasteiger partial charge in [0.25, 0.3) is 0 Å². The van der Waals surface area contributed by atoms with Gasteiger partial charge < -0.3 is 0 Å². The molecule has 5 heteroatoms. The lowest BCUT2D eigenvalue weighted by atomic mass is 10.2. The van der Waals surface area contributed by atoms with Crippen molar-refractivity contribution in [2.75, 3.05) is 0 Å². The van der Waals surface area contributed by atoms with E-state index < -0.39 is 10.0 Å². The molecular weight excluding hydrogens is 194 g/mol. The highest BCUT2D eigenvalue weighted by atomic mass is 32.2. The molecule has 0 unspecified atom stereocenters. The first kappa shape index (κ1) is 9.44. The lowest BCUT2D eigenvalue weighted by molar-refractivity contribution is 0.597. The molecule has 0 aliphatic carbocycles. The van der Waals surface area contributed by atoms with Crippen molar-refractivity contribution in [3.8, 4) is 0 Å². The van der Waals surface area contributed by atoms with Gasteiger partial charge in [0.15, 0.2) is 0 Å². The van der Waals surface area contributed by atoms with Crippen LogP contribution in [-0.4, -0.2) is 8.42 Å². The maximum Gasteiger partial charge on any atom is 0.238 e. The van der Waals surface area contributed by atoms with E-state index in [4.69, 9.17) is 17.8 Å². The molecule has 0 spiro atoms. The molecule has 1 aromatic rings. The van der Waals surface area contributed by atoms with E-state index in [0.717, 1.165) is 5.56 Å². The molecule has 1 rings (SSSR count). The van der Waals surface area contributed by atoms with Crippen LogP contribution in [0.4, 0.5) is 0 Å². The predicted octanol–water partition coefficient (Wildman–Crippen LogP) is 1.20. The Kier molecular flexibility index (Phi) is 2.36. The Morgan fingerprint density at radius 1 is 1.42 bits per heavy atom. The molecule has 0 aliphatic heterocycles. The summed E-state index contributed by atoms with van der Waals surface area (Å²) in [6.07, 6.45) is 0. The first-order valence-electron chi connectivity index (χ1n) is 3.22. The zero-order valence-corrected chi connectivity index (χ0v) is 8.08. The van der Waals surface area contributed by atoms with Crippen molar-refractivity contribution < 1.29 is 8.42 Å². The Morgan fingerprint density at radius 2 is 2.00 bits per heavy atom. The van der Waals surface area contributed by atoms with Gasteiger partial charge in [-0.2, -0.15) is 0 Å². The van der Waals surface area contributed by atoms with Crippen LogP contribution in [0.25, 0.3) is 0 Å². The van der Waals surface area contributed by atoms with E-state index in [1.54, 1.807) is 13.0 Å². The third kappa shape index (κ3) is 1.94. The number of nitrogens with two attached hydrogens (primary N) is 1. The van der Waals surface area contributed by atoms with Crippen molar-refractivity contribution in [2.45, 2.75) is 16.7 Å². The molecule has 0 bridgehead atoms. The highest BCUT2D eigenvalue weighted by Crippen LogP contribution is 2.16. The minimum Gasteiger partial charge on any atom is -0.225 e. The van der Waals surface area contributed by atoms with Gasteiger partial charge in [0.05, 0.1) is 4.90 Å². The van der Waals surface area contributed by atoms with Gasteiger partial charge in [-0.3, -0.25) is 0 Å². The maximum absolute atomic E-state index is 10.8. The van der Waals surface area contributed by atoms with E-state index in [1.807, 2.05) is 0 Å². The van der Waals surface area contributed by atoms with Crippen molar-refractivity contribution in [1.29, 1.82) is 0 Å². The summed E-state index contributed by atoms with van der Waals surface area (Å²) >= 11 is 4.90. The first-order valence-corrected chi connectivity index (χ1v) is 5.17. The smallest absolute Gasteiger partial charge is 0.225 e. The third-order valence-electron chi connectivity index (χ3n) is 1.47. The second-order valence-corrected chi connectivity index (χ2v) is 4.47. The molecule has 0 saturated carbocycles. The summed E-state index contributed by atoms with van der Waals surface area (Å²) in [7, 11) is -3.59. The first-order chi connectivity index (χ1) is 5.41. The predicted molar refractivity (Wildman–Crippen MR) is 48.4 cm³/mol. The van der Waals surface area contributed by atoms with Gasteiger partial charge in [-0.25, -0.2) is 13.6 Å². The van der Waals surface area contributed by atoms with Crippen LogP contribution in [0.5, 0.6) is 0 Å². The summed E-state index contributed by atoms with van der Waals surface area (Å²) < 4.78 is 21.7. The van der Waals surface area contributed by atoms with Crippen LogP contribution >= 0.6 is 12.6 Å². The van der Waals surface area contributed by atoms with Crippen molar-refractivity contribution in [3.05, 3.63) is 23.8 Å². The molecular formula is C7H8NO2S2. The molecule has 1 radical (unpaired) electrons. The average Bonchev–Trinajstić information content (AvgIpc) is 1.92. The molecule has 3 nitrogen and oxygen atoms in total. The third-order valence-corrected chi connectivity index (χ3v) is 2.84. The molecule has 12 heavy (non-hydrogen) atoms. The molecule has 0 saturated heterocycles. The largest absolute Gasteiger partial charge is 0.238 e. The van der Waals surface area contributed by atoms with Gasteiger partial charge in [-0.05, 0) is 30.7 Å². The monoisotopic (exact) mass is 202 g/mol. The van der Waals surface area contributed by atoms with Gasteiger partial charge >= 0.3 is 0 Å². The van der Waals surface area contributed by atoms with E-state index >= 15 is 0 Å². The average molecular weight is 202 g/mol. The van der Waals surface area contributed by atoms with Gasteiger partial charge in [0.2, 0.25) is 10.0 Å². The minimum atomic E-state index is -3.59. The van der Waals surface area contributed by atoms with E-state index in [0.29, 0.717) is 4.90 Å². The summed E-state index contributed by atoms with van der Waals surface area (Å²) in [4.78, 5) is 0.746. The summed E-state index contributed by atoms with van der Waals surface area (Å²) in [5.41, 5.74) is 0.747. The van der Waals surface area contributed by atoms with E-state index in [1.165, 1.54) is 12.1 Å². The fourth-order valence-corrected chi connectivity index (χ4v) is 1.52. The molecule has 1 aromatic carbocycles. The van der Waals surface area contributed by atoms with E-state index in [9.17, 15) is 8.42 Å². The van der Waals surface area contributed by atoms with Crippen LogP contribution in [0.1, 0.15) is 5.56 Å². The quantitative estimate of drug-likeness (QED) is 0.743. The molecule has 0 heterocycles. The standard InChI is InChI=1S/C7H8NO2S2/c1-5-4-6(12(8,9)10)2-3-7(5)11/h2-4H,1H3,(H2,8,9,10). The maximum atomic E-state index is 10.8. The zero-order valence-electron chi connectivity index (χ0n) is 6.44. The summed E-state index contributed by atoms with van der Waals surface area (Å²) in [5, 5.41) is 4.91. The number of hydrogen-bond donors (Lipinski definition) is 1. The normalized spacial score (nSPS) is 11.5. The van der Waals surface area contributed by atoms with Crippen LogP contribution in [0.3, 0.4) is 0 Å². The molecule has 0 amide bonds. The van der Waals surface area contributed by atoms with E-state index in [-0.39, 0.29) is 4.90 Å². The van der Waals surface area contributed by atoms with Crippen molar-refractivity contribution in [2.24, 2.45) is 5.14 Å². The topological polar surface area (TPSA) is 60.2 Å². The zero-order chi connectivity index (χ0) is 9.35. The number of benzene rings is 1. The number of aryl methyl sites for hydroxylation is 1. The summed E-state index contributed by atoms with van der Waals surface area (Å²) in [6.45, 7) is 1.75. The molecule has 0 fully saturated rings. The van der Waals surface area contributed by atoms with Crippen LogP contribution in [0.2, 0.25) is 0 Å². The fourth-order valence-electron chi connectivity index (χ4n) is 0.799. The van der Waals surface area contributed by atoms with Crippen LogP contribution in [0, 0.1) is 6.92 Å². The van der Waals surface area contributed by atoms with Gasteiger partial charge in [0, 0.05) is 4.90 Å². The number of primary sulfonamides is 1. The van der Waals surface area contributed by atoms with Crippen LogP contribution < -0.4 is 5.14 Å². The van der Waals surface area contributed by atoms with Crippen LogP contribution in [-0.2, 0) is 10.0 Å². The fraction of sp³-hybridized carbons (Fsp3) is 0.143.